The Kier molecular flexibility index (Phi) is 6.73. The minimum Gasteiger partial charge on any atom is -0.376 e. The van der Waals surface area contributed by atoms with Gasteiger partial charge in [0.25, 0.3) is 11.8 Å². The number of anilines is 2. The SMILES string of the molecule is CCCNC(=O)c1ccc(NC(=O)CNc2ccccc2C(N)=O)cc1. The normalized spacial score (nSPS) is 10.0. The average Bonchev–Trinajstić information content (AvgIpc) is 2.65. The molecule has 0 spiro atoms. The first-order chi connectivity index (χ1) is 12.5. The van der Waals surface area contributed by atoms with Crippen LogP contribution in [-0.2, 0) is 4.79 Å². The highest BCUT2D eigenvalue weighted by atomic mass is 16.2. The maximum atomic E-state index is 12.1. The Labute approximate surface area is 152 Å². The van der Waals surface area contributed by atoms with Gasteiger partial charge in [0, 0.05) is 23.5 Å². The van der Waals surface area contributed by atoms with E-state index in [1.54, 1.807) is 48.5 Å². The van der Waals surface area contributed by atoms with Gasteiger partial charge in [-0.2, -0.15) is 0 Å². The molecule has 5 N–H and O–H groups in total. The Bertz CT molecular complexity index is 788. The van der Waals surface area contributed by atoms with Crippen molar-refractivity contribution in [1.29, 1.82) is 0 Å². The minimum absolute atomic E-state index is 0.0248. The van der Waals surface area contributed by atoms with Gasteiger partial charge in [-0.3, -0.25) is 14.4 Å². The predicted molar refractivity (Wildman–Crippen MR) is 101 cm³/mol. The Hall–Kier alpha value is -3.35. The van der Waals surface area contributed by atoms with Crippen molar-refractivity contribution >= 4 is 29.1 Å². The molecule has 136 valence electrons. The van der Waals surface area contributed by atoms with Crippen LogP contribution >= 0.6 is 0 Å². The molecule has 0 fully saturated rings. The molecule has 7 nitrogen and oxygen atoms in total. The molecular formula is C19H22N4O3. The van der Waals surface area contributed by atoms with Crippen LogP contribution in [0.4, 0.5) is 11.4 Å². The number of carbonyl (C=O) groups excluding carboxylic acids is 3. The summed E-state index contributed by atoms with van der Waals surface area (Å²) in [5.74, 6) is -0.993. The maximum Gasteiger partial charge on any atom is 0.251 e. The molecule has 0 aromatic heterocycles. The maximum absolute atomic E-state index is 12.1. The Morgan fingerprint density at radius 2 is 1.69 bits per heavy atom. The van der Waals surface area contributed by atoms with Crippen LogP contribution in [0.15, 0.2) is 48.5 Å². The summed E-state index contributed by atoms with van der Waals surface area (Å²) in [7, 11) is 0. The van der Waals surface area contributed by atoms with Gasteiger partial charge in [0.2, 0.25) is 5.91 Å². The molecule has 3 amide bonds. The lowest BCUT2D eigenvalue weighted by atomic mass is 10.1. The van der Waals surface area contributed by atoms with Crippen LogP contribution in [0.1, 0.15) is 34.1 Å². The Morgan fingerprint density at radius 1 is 1.00 bits per heavy atom. The summed E-state index contributed by atoms with van der Waals surface area (Å²) in [5.41, 5.74) is 7.23. The van der Waals surface area contributed by atoms with Crippen LogP contribution in [0.5, 0.6) is 0 Å². The molecule has 0 aliphatic carbocycles. The molecule has 2 aromatic rings. The summed E-state index contributed by atoms with van der Waals surface area (Å²) in [6.45, 7) is 2.58. The largest absolute Gasteiger partial charge is 0.376 e. The fraction of sp³-hybridized carbons (Fsp3) is 0.211. The molecule has 2 aromatic carbocycles. The molecule has 0 aliphatic rings. The van der Waals surface area contributed by atoms with E-state index in [1.807, 2.05) is 6.92 Å². The number of benzene rings is 2. The van der Waals surface area contributed by atoms with Gasteiger partial charge in [-0.15, -0.1) is 0 Å². The van der Waals surface area contributed by atoms with Gasteiger partial charge in [0.1, 0.15) is 0 Å². The summed E-state index contributed by atoms with van der Waals surface area (Å²) in [5, 5.41) is 8.40. The number of nitrogens with two attached hydrogens (primary N) is 1. The van der Waals surface area contributed by atoms with Crippen molar-refractivity contribution in [2.45, 2.75) is 13.3 Å². The fourth-order valence-corrected chi connectivity index (χ4v) is 2.28. The molecule has 0 saturated heterocycles. The third kappa shape index (κ3) is 5.34. The lowest BCUT2D eigenvalue weighted by molar-refractivity contribution is -0.114. The highest BCUT2D eigenvalue weighted by Gasteiger charge is 2.09. The van der Waals surface area contributed by atoms with E-state index in [0.29, 0.717) is 29.0 Å². The molecule has 0 unspecified atom stereocenters. The standard InChI is InChI=1S/C19H22N4O3/c1-2-11-21-19(26)13-7-9-14(10-8-13)23-17(24)12-22-16-6-4-3-5-15(16)18(20)25/h3-10,22H,2,11-12H2,1H3,(H2,20,25)(H,21,26)(H,23,24). The van der Waals surface area contributed by atoms with Crippen LogP contribution < -0.4 is 21.7 Å². The van der Waals surface area contributed by atoms with E-state index in [9.17, 15) is 14.4 Å². The molecule has 0 heterocycles. The van der Waals surface area contributed by atoms with Crippen LogP contribution in [-0.4, -0.2) is 30.8 Å². The average molecular weight is 354 g/mol. The van der Waals surface area contributed by atoms with E-state index in [2.05, 4.69) is 16.0 Å². The first-order valence-electron chi connectivity index (χ1n) is 8.32. The van der Waals surface area contributed by atoms with Crippen molar-refractivity contribution < 1.29 is 14.4 Å². The zero-order chi connectivity index (χ0) is 18.9. The van der Waals surface area contributed by atoms with Gasteiger partial charge in [-0.05, 0) is 42.8 Å². The van der Waals surface area contributed by atoms with E-state index < -0.39 is 5.91 Å². The van der Waals surface area contributed by atoms with Gasteiger partial charge in [-0.25, -0.2) is 0 Å². The molecule has 0 radical (unpaired) electrons. The van der Waals surface area contributed by atoms with Crippen molar-refractivity contribution in [3.63, 3.8) is 0 Å². The van der Waals surface area contributed by atoms with Gasteiger partial charge in [-0.1, -0.05) is 19.1 Å². The lowest BCUT2D eigenvalue weighted by Gasteiger charge is -2.10. The summed E-state index contributed by atoms with van der Waals surface area (Å²) in [6, 6.07) is 13.3. The monoisotopic (exact) mass is 354 g/mol. The first kappa shape index (κ1) is 19.0. The van der Waals surface area contributed by atoms with Crippen molar-refractivity contribution in [3.8, 4) is 0 Å². The molecule has 0 atom stereocenters. The highest BCUT2D eigenvalue weighted by Crippen LogP contribution is 2.14. The predicted octanol–water partition coefficient (Wildman–Crippen LogP) is 1.98. The molecule has 0 bridgehead atoms. The molecule has 26 heavy (non-hydrogen) atoms. The second kappa shape index (κ2) is 9.22. The number of amides is 3. The first-order valence-corrected chi connectivity index (χ1v) is 8.32. The summed E-state index contributed by atoms with van der Waals surface area (Å²) in [4.78, 5) is 35.3. The van der Waals surface area contributed by atoms with E-state index >= 15 is 0 Å². The smallest absolute Gasteiger partial charge is 0.251 e. The Balaban J connectivity index is 1.90. The van der Waals surface area contributed by atoms with Crippen LogP contribution in [0.25, 0.3) is 0 Å². The highest BCUT2D eigenvalue weighted by molar-refractivity contribution is 6.00. The third-order valence-electron chi connectivity index (χ3n) is 3.60. The van der Waals surface area contributed by atoms with Crippen molar-refractivity contribution in [3.05, 3.63) is 59.7 Å². The third-order valence-corrected chi connectivity index (χ3v) is 3.60. The topological polar surface area (TPSA) is 113 Å². The second-order valence-corrected chi connectivity index (χ2v) is 5.64. The van der Waals surface area contributed by atoms with Crippen molar-refractivity contribution in [1.82, 2.24) is 5.32 Å². The number of para-hydroxylation sites is 1. The molecule has 0 aliphatic heterocycles. The number of carbonyl (C=O) groups is 3. The van der Waals surface area contributed by atoms with Crippen LogP contribution in [0.2, 0.25) is 0 Å². The number of primary amides is 1. The molecule has 7 heteroatoms. The van der Waals surface area contributed by atoms with Crippen molar-refractivity contribution in [2.75, 3.05) is 23.7 Å². The summed E-state index contributed by atoms with van der Waals surface area (Å²) >= 11 is 0. The van der Waals surface area contributed by atoms with E-state index in [-0.39, 0.29) is 18.4 Å². The molecule has 0 saturated carbocycles. The van der Waals surface area contributed by atoms with Crippen LogP contribution in [0.3, 0.4) is 0 Å². The number of nitrogens with one attached hydrogen (secondary N) is 3. The second-order valence-electron chi connectivity index (χ2n) is 5.64. The van der Waals surface area contributed by atoms with Gasteiger partial charge in [0.15, 0.2) is 0 Å². The van der Waals surface area contributed by atoms with E-state index in [0.717, 1.165) is 6.42 Å². The summed E-state index contributed by atoms with van der Waals surface area (Å²) in [6.07, 6.45) is 0.867. The van der Waals surface area contributed by atoms with Gasteiger partial charge >= 0.3 is 0 Å². The van der Waals surface area contributed by atoms with Gasteiger partial charge in [0.05, 0.1) is 12.1 Å². The van der Waals surface area contributed by atoms with Crippen LogP contribution in [0, 0.1) is 0 Å². The summed E-state index contributed by atoms with van der Waals surface area (Å²) < 4.78 is 0. The Morgan fingerprint density at radius 3 is 2.35 bits per heavy atom. The fourth-order valence-electron chi connectivity index (χ4n) is 2.28. The molecular weight excluding hydrogens is 332 g/mol. The number of hydrogen-bond donors (Lipinski definition) is 4. The minimum atomic E-state index is -0.564. The zero-order valence-electron chi connectivity index (χ0n) is 14.5. The quantitative estimate of drug-likeness (QED) is 0.580. The zero-order valence-corrected chi connectivity index (χ0v) is 14.5. The lowest BCUT2D eigenvalue weighted by Crippen LogP contribution is -2.24. The van der Waals surface area contributed by atoms with E-state index in [4.69, 9.17) is 5.73 Å². The van der Waals surface area contributed by atoms with Crippen molar-refractivity contribution in [2.24, 2.45) is 5.73 Å². The number of rotatable bonds is 8. The van der Waals surface area contributed by atoms with E-state index in [1.165, 1.54) is 0 Å². The number of hydrogen-bond acceptors (Lipinski definition) is 4. The molecule has 2 rings (SSSR count). The van der Waals surface area contributed by atoms with Gasteiger partial charge < -0.3 is 21.7 Å².